The molecule has 2 saturated carbocycles. The minimum absolute atomic E-state index is 0.0472. The fourth-order valence-corrected chi connectivity index (χ4v) is 4.60. The highest BCUT2D eigenvalue weighted by Gasteiger charge is 2.68. The van der Waals surface area contributed by atoms with Gasteiger partial charge in [-0.1, -0.05) is 13.8 Å². The van der Waals surface area contributed by atoms with Crippen LogP contribution in [0.4, 0.5) is 0 Å². The summed E-state index contributed by atoms with van der Waals surface area (Å²) in [7, 11) is 0. The Hall–Kier alpha value is -0.610. The smallest absolute Gasteiger partial charge is 0.232 e. The van der Waals surface area contributed by atoms with Crippen molar-refractivity contribution in [3.05, 3.63) is 0 Å². The number of rotatable bonds is 1. The first-order valence-electron chi connectivity index (χ1n) is 7.18. The van der Waals surface area contributed by atoms with E-state index in [1.807, 2.05) is 4.90 Å². The van der Waals surface area contributed by atoms with Crippen LogP contribution in [-0.4, -0.2) is 48.2 Å². The van der Waals surface area contributed by atoms with Crippen molar-refractivity contribution in [2.45, 2.75) is 39.2 Å². The second kappa shape index (κ2) is 3.94. The van der Waals surface area contributed by atoms with E-state index >= 15 is 0 Å². The molecule has 4 nitrogen and oxygen atoms in total. The summed E-state index contributed by atoms with van der Waals surface area (Å²) in [4.78, 5) is 14.9. The zero-order valence-corrected chi connectivity index (χ0v) is 11.4. The predicted octanol–water partition coefficient (Wildman–Crippen LogP) is 0.605. The van der Waals surface area contributed by atoms with Gasteiger partial charge in [0.2, 0.25) is 5.91 Å². The number of hydrogen-bond donors (Lipinski definition) is 2. The van der Waals surface area contributed by atoms with Gasteiger partial charge in [0, 0.05) is 26.2 Å². The van der Waals surface area contributed by atoms with Crippen molar-refractivity contribution in [2.24, 2.45) is 16.7 Å². The van der Waals surface area contributed by atoms with Gasteiger partial charge in [0.15, 0.2) is 0 Å². The molecule has 0 unspecified atom stereocenters. The van der Waals surface area contributed by atoms with Crippen LogP contribution >= 0.6 is 0 Å². The number of amides is 1. The van der Waals surface area contributed by atoms with Crippen molar-refractivity contribution in [1.82, 2.24) is 10.2 Å². The Labute approximate surface area is 109 Å². The third kappa shape index (κ3) is 1.36. The quantitative estimate of drug-likeness (QED) is 0.719. The Kier molecular flexibility index (Phi) is 2.72. The number of aliphatic hydroxyl groups excluding tert-OH is 1. The lowest BCUT2D eigenvalue weighted by molar-refractivity contribution is -0.155. The van der Waals surface area contributed by atoms with Gasteiger partial charge in [-0.15, -0.1) is 0 Å². The number of carbonyl (C=O) groups excluding carboxylic acids is 1. The first-order valence-corrected chi connectivity index (χ1v) is 7.18. The van der Waals surface area contributed by atoms with Gasteiger partial charge in [-0.05, 0) is 30.6 Å². The van der Waals surface area contributed by atoms with E-state index < -0.39 is 11.5 Å². The van der Waals surface area contributed by atoms with Crippen molar-refractivity contribution >= 4 is 5.91 Å². The number of nitrogens with one attached hydrogen (secondary N) is 1. The van der Waals surface area contributed by atoms with Gasteiger partial charge in [0.05, 0.1) is 11.5 Å². The molecule has 3 rings (SSSR count). The molecule has 1 amide bonds. The maximum Gasteiger partial charge on any atom is 0.232 e. The molecule has 3 fully saturated rings. The van der Waals surface area contributed by atoms with Crippen LogP contribution in [0.5, 0.6) is 0 Å². The summed E-state index contributed by atoms with van der Waals surface area (Å²) in [5.74, 6) is 0.723. The monoisotopic (exact) mass is 252 g/mol. The number of nitrogens with zero attached hydrogens (tertiary/aromatic N) is 1. The van der Waals surface area contributed by atoms with Crippen LogP contribution in [0.3, 0.4) is 0 Å². The molecule has 0 aromatic rings. The molecule has 0 radical (unpaired) electrons. The van der Waals surface area contributed by atoms with E-state index in [0.29, 0.717) is 5.92 Å². The molecule has 18 heavy (non-hydrogen) atoms. The minimum Gasteiger partial charge on any atom is -0.392 e. The molecule has 102 valence electrons. The third-order valence-electron chi connectivity index (χ3n) is 5.92. The van der Waals surface area contributed by atoms with Crippen molar-refractivity contribution in [3.8, 4) is 0 Å². The number of hydrogen-bond acceptors (Lipinski definition) is 3. The van der Waals surface area contributed by atoms with Crippen molar-refractivity contribution < 1.29 is 9.90 Å². The molecule has 1 aliphatic heterocycles. The highest BCUT2D eigenvalue weighted by molar-refractivity contribution is 5.85. The molecule has 0 aromatic carbocycles. The first kappa shape index (κ1) is 12.4. The Morgan fingerprint density at radius 2 is 2.00 bits per heavy atom. The van der Waals surface area contributed by atoms with Gasteiger partial charge in [-0.3, -0.25) is 4.79 Å². The van der Waals surface area contributed by atoms with Crippen LogP contribution in [0, 0.1) is 16.7 Å². The maximum atomic E-state index is 12.9. The number of piperazine rings is 1. The highest BCUT2D eigenvalue weighted by Crippen LogP contribution is 2.66. The van der Waals surface area contributed by atoms with E-state index in [4.69, 9.17) is 0 Å². The standard InChI is InChI=1S/C14H24N2O2/c1-13(2)10-3-4-14(13,11(17)9-10)12(18)16-7-5-15-6-8-16/h10-11,15,17H,3-9H2,1-2H3/t10-,11+,14+/m1/s1. The molecule has 2 bridgehead atoms. The molecule has 2 aliphatic carbocycles. The van der Waals surface area contributed by atoms with Crippen molar-refractivity contribution in [1.29, 1.82) is 0 Å². The molecule has 1 saturated heterocycles. The van der Waals surface area contributed by atoms with Crippen LogP contribution in [0.2, 0.25) is 0 Å². The molecule has 3 atom stereocenters. The summed E-state index contributed by atoms with van der Waals surface area (Å²) >= 11 is 0. The Balaban J connectivity index is 1.91. The van der Waals surface area contributed by atoms with E-state index in [1.54, 1.807) is 0 Å². The van der Waals surface area contributed by atoms with E-state index in [0.717, 1.165) is 45.4 Å². The van der Waals surface area contributed by atoms with Crippen molar-refractivity contribution in [2.75, 3.05) is 26.2 Å². The van der Waals surface area contributed by atoms with Gasteiger partial charge in [0.25, 0.3) is 0 Å². The zero-order valence-electron chi connectivity index (χ0n) is 11.4. The van der Waals surface area contributed by atoms with Crippen LogP contribution in [0.1, 0.15) is 33.1 Å². The molecular formula is C14H24N2O2. The second-order valence-corrected chi connectivity index (χ2v) is 6.72. The molecule has 0 aromatic heterocycles. The summed E-state index contributed by atoms with van der Waals surface area (Å²) in [6, 6.07) is 0. The van der Waals surface area contributed by atoms with Gasteiger partial charge in [-0.25, -0.2) is 0 Å². The third-order valence-corrected chi connectivity index (χ3v) is 5.92. The van der Waals surface area contributed by atoms with Crippen LogP contribution in [0.15, 0.2) is 0 Å². The second-order valence-electron chi connectivity index (χ2n) is 6.72. The average molecular weight is 252 g/mol. The van der Waals surface area contributed by atoms with E-state index in [1.165, 1.54) is 0 Å². The topological polar surface area (TPSA) is 52.6 Å². The highest BCUT2D eigenvalue weighted by atomic mass is 16.3. The van der Waals surface area contributed by atoms with Crippen molar-refractivity contribution in [3.63, 3.8) is 0 Å². The maximum absolute atomic E-state index is 12.9. The molecule has 2 N–H and O–H groups in total. The van der Waals surface area contributed by atoms with Crippen LogP contribution < -0.4 is 5.32 Å². The summed E-state index contributed by atoms with van der Waals surface area (Å²) in [5.41, 5.74) is -0.552. The van der Waals surface area contributed by atoms with Gasteiger partial charge in [-0.2, -0.15) is 0 Å². The largest absolute Gasteiger partial charge is 0.392 e. The van der Waals surface area contributed by atoms with E-state index in [-0.39, 0.29) is 11.3 Å². The zero-order chi connectivity index (χ0) is 13.0. The molecule has 1 heterocycles. The summed E-state index contributed by atoms with van der Waals surface area (Å²) in [5, 5.41) is 13.7. The Bertz CT molecular complexity index is 363. The van der Waals surface area contributed by atoms with Gasteiger partial charge >= 0.3 is 0 Å². The summed E-state index contributed by atoms with van der Waals surface area (Å²) in [6.45, 7) is 7.69. The van der Waals surface area contributed by atoms with E-state index in [2.05, 4.69) is 19.2 Å². The average Bonchev–Trinajstić information content (AvgIpc) is 2.73. The molecule has 4 heteroatoms. The lowest BCUT2D eigenvalue weighted by Crippen LogP contribution is -2.57. The lowest BCUT2D eigenvalue weighted by atomic mass is 9.67. The number of carbonyl (C=O) groups is 1. The number of fused-ring (bicyclic) bond motifs is 2. The molecule has 3 aliphatic rings. The Morgan fingerprint density at radius 1 is 1.33 bits per heavy atom. The SMILES string of the molecule is CC1(C)[C@@H]2CC[C@@]1(C(=O)N1CCNCC1)[C@@H](O)C2. The molecule has 0 spiro atoms. The van der Waals surface area contributed by atoms with Gasteiger partial charge in [0.1, 0.15) is 0 Å². The summed E-state index contributed by atoms with van der Waals surface area (Å²) < 4.78 is 0. The fraction of sp³-hybridized carbons (Fsp3) is 0.929. The lowest BCUT2D eigenvalue weighted by Gasteiger charge is -2.43. The Morgan fingerprint density at radius 3 is 2.50 bits per heavy atom. The number of aliphatic hydroxyl groups is 1. The van der Waals surface area contributed by atoms with Crippen LogP contribution in [-0.2, 0) is 4.79 Å². The minimum atomic E-state index is -0.505. The predicted molar refractivity (Wildman–Crippen MR) is 69.0 cm³/mol. The molecular weight excluding hydrogens is 228 g/mol. The first-order chi connectivity index (χ1) is 8.50. The van der Waals surface area contributed by atoms with E-state index in [9.17, 15) is 9.90 Å². The fourth-order valence-electron chi connectivity index (χ4n) is 4.60. The normalized spacial score (nSPS) is 42.3. The van der Waals surface area contributed by atoms with Gasteiger partial charge < -0.3 is 15.3 Å². The summed E-state index contributed by atoms with van der Waals surface area (Å²) in [6.07, 6.45) is 2.34. The van der Waals surface area contributed by atoms with Crippen LogP contribution in [0.25, 0.3) is 0 Å².